The molecular formula is C18H24N2O3. The number of ether oxygens (including phenoxy) is 1. The van der Waals surface area contributed by atoms with Crippen LogP contribution in [-0.2, 0) is 9.53 Å². The van der Waals surface area contributed by atoms with Crippen molar-refractivity contribution < 1.29 is 14.3 Å². The smallest absolute Gasteiger partial charge is 0.254 e. The minimum atomic E-state index is 0.00784. The van der Waals surface area contributed by atoms with Crippen molar-refractivity contribution >= 4 is 11.8 Å². The van der Waals surface area contributed by atoms with Crippen LogP contribution in [0.2, 0.25) is 0 Å². The van der Waals surface area contributed by atoms with Gasteiger partial charge in [-0.05, 0) is 43.5 Å². The molecular weight excluding hydrogens is 292 g/mol. The SMILES string of the molecule is COCCN1C(=O)C[C@@H]2[C@H]1CCN2C(=O)c1ccc(C)c(C)c1. The molecule has 5 heteroatoms. The lowest BCUT2D eigenvalue weighted by Crippen LogP contribution is -2.40. The van der Waals surface area contributed by atoms with Crippen LogP contribution in [0.25, 0.3) is 0 Å². The molecule has 2 fully saturated rings. The second-order valence-corrected chi connectivity index (χ2v) is 6.51. The number of aryl methyl sites for hydroxylation is 2. The van der Waals surface area contributed by atoms with E-state index in [2.05, 4.69) is 0 Å². The maximum atomic E-state index is 12.9. The Morgan fingerprint density at radius 2 is 2.04 bits per heavy atom. The fraction of sp³-hybridized carbons (Fsp3) is 0.556. The summed E-state index contributed by atoms with van der Waals surface area (Å²) in [7, 11) is 1.64. The quantitative estimate of drug-likeness (QED) is 0.850. The van der Waals surface area contributed by atoms with Crippen molar-refractivity contribution in [2.45, 2.75) is 38.8 Å². The zero-order valence-corrected chi connectivity index (χ0v) is 14.0. The van der Waals surface area contributed by atoms with Gasteiger partial charge in [-0.2, -0.15) is 0 Å². The zero-order valence-electron chi connectivity index (χ0n) is 14.0. The topological polar surface area (TPSA) is 49.9 Å². The first-order chi connectivity index (χ1) is 11.0. The summed E-state index contributed by atoms with van der Waals surface area (Å²) in [5.41, 5.74) is 3.02. The summed E-state index contributed by atoms with van der Waals surface area (Å²) in [6.45, 7) is 5.93. The number of benzene rings is 1. The van der Waals surface area contributed by atoms with Crippen molar-refractivity contribution in [3.8, 4) is 0 Å². The van der Waals surface area contributed by atoms with E-state index < -0.39 is 0 Å². The summed E-state index contributed by atoms with van der Waals surface area (Å²) in [6.07, 6.45) is 1.29. The lowest BCUT2D eigenvalue weighted by Gasteiger charge is -2.25. The van der Waals surface area contributed by atoms with Gasteiger partial charge >= 0.3 is 0 Å². The average molecular weight is 316 g/mol. The first-order valence-corrected chi connectivity index (χ1v) is 8.19. The molecule has 2 aliphatic rings. The molecule has 0 radical (unpaired) electrons. The number of likely N-dealkylation sites (tertiary alicyclic amines) is 2. The van der Waals surface area contributed by atoms with E-state index in [9.17, 15) is 9.59 Å². The van der Waals surface area contributed by atoms with E-state index in [4.69, 9.17) is 4.74 Å². The fourth-order valence-corrected chi connectivity index (χ4v) is 3.70. The van der Waals surface area contributed by atoms with Crippen LogP contribution in [0.15, 0.2) is 18.2 Å². The maximum absolute atomic E-state index is 12.9. The van der Waals surface area contributed by atoms with E-state index in [-0.39, 0.29) is 23.9 Å². The van der Waals surface area contributed by atoms with E-state index in [1.807, 2.05) is 41.8 Å². The third-order valence-electron chi connectivity index (χ3n) is 5.17. The van der Waals surface area contributed by atoms with Crippen molar-refractivity contribution in [1.29, 1.82) is 0 Å². The Bertz CT molecular complexity index is 629. The molecule has 0 unspecified atom stereocenters. The second-order valence-electron chi connectivity index (χ2n) is 6.51. The molecule has 2 amide bonds. The van der Waals surface area contributed by atoms with Gasteiger partial charge in [0.15, 0.2) is 0 Å². The van der Waals surface area contributed by atoms with E-state index >= 15 is 0 Å². The van der Waals surface area contributed by atoms with E-state index in [0.29, 0.717) is 19.6 Å². The monoisotopic (exact) mass is 316 g/mol. The largest absolute Gasteiger partial charge is 0.383 e. The lowest BCUT2D eigenvalue weighted by molar-refractivity contribution is -0.129. The van der Waals surface area contributed by atoms with Gasteiger partial charge in [0.1, 0.15) is 0 Å². The van der Waals surface area contributed by atoms with Crippen molar-refractivity contribution in [3.63, 3.8) is 0 Å². The molecule has 2 saturated heterocycles. The van der Waals surface area contributed by atoms with Crippen LogP contribution in [0, 0.1) is 13.8 Å². The minimum absolute atomic E-state index is 0.00784. The highest BCUT2D eigenvalue weighted by molar-refractivity contribution is 5.96. The van der Waals surface area contributed by atoms with Gasteiger partial charge in [0.2, 0.25) is 5.91 Å². The number of carbonyl (C=O) groups is 2. The van der Waals surface area contributed by atoms with E-state index in [1.54, 1.807) is 7.11 Å². The number of fused-ring (bicyclic) bond motifs is 1. The Labute approximate surface area is 137 Å². The molecule has 3 rings (SSSR count). The number of carbonyl (C=O) groups excluding carboxylic acids is 2. The minimum Gasteiger partial charge on any atom is -0.383 e. The Morgan fingerprint density at radius 3 is 2.74 bits per heavy atom. The Kier molecular flexibility index (Phi) is 4.39. The molecule has 0 bridgehead atoms. The Hall–Kier alpha value is -1.88. The molecule has 2 heterocycles. The molecule has 0 aromatic heterocycles. The van der Waals surface area contributed by atoms with E-state index in [1.165, 1.54) is 5.56 Å². The molecule has 5 nitrogen and oxygen atoms in total. The molecule has 23 heavy (non-hydrogen) atoms. The van der Waals surface area contributed by atoms with E-state index in [0.717, 1.165) is 24.1 Å². The standard InChI is InChI=1S/C18H24N2O3/c1-12-4-5-14(10-13(12)2)18(22)20-7-6-15-16(20)11-17(21)19(15)8-9-23-3/h4-5,10,15-16H,6-9,11H2,1-3H3/t15-,16-/m1/s1. The molecule has 2 atom stereocenters. The summed E-state index contributed by atoms with van der Waals surface area (Å²) in [5.74, 6) is 0.177. The van der Waals surface area contributed by atoms with Crippen LogP contribution in [0.1, 0.15) is 34.3 Å². The molecule has 124 valence electrons. The van der Waals surface area contributed by atoms with Crippen LogP contribution in [0.5, 0.6) is 0 Å². The van der Waals surface area contributed by atoms with Gasteiger partial charge in [0.05, 0.1) is 18.7 Å². The Morgan fingerprint density at radius 1 is 1.26 bits per heavy atom. The van der Waals surface area contributed by atoms with Crippen molar-refractivity contribution in [2.75, 3.05) is 26.8 Å². The fourth-order valence-electron chi connectivity index (χ4n) is 3.70. The van der Waals surface area contributed by atoms with Gasteiger partial charge in [-0.25, -0.2) is 0 Å². The number of rotatable bonds is 4. The number of hydrogen-bond donors (Lipinski definition) is 0. The van der Waals surface area contributed by atoms with Gasteiger partial charge in [-0.3, -0.25) is 9.59 Å². The molecule has 1 aromatic rings. The summed E-state index contributed by atoms with van der Waals surface area (Å²) in [4.78, 5) is 28.9. The lowest BCUT2D eigenvalue weighted by atomic mass is 10.0. The van der Waals surface area contributed by atoms with Crippen LogP contribution in [0.3, 0.4) is 0 Å². The third-order valence-corrected chi connectivity index (χ3v) is 5.17. The molecule has 0 spiro atoms. The number of amides is 2. The number of hydrogen-bond acceptors (Lipinski definition) is 3. The molecule has 0 aliphatic carbocycles. The summed E-state index contributed by atoms with van der Waals surface area (Å²) >= 11 is 0. The summed E-state index contributed by atoms with van der Waals surface area (Å²) in [5, 5.41) is 0. The van der Waals surface area contributed by atoms with Crippen LogP contribution < -0.4 is 0 Å². The normalized spacial score (nSPS) is 23.5. The predicted octanol–water partition coefficient (Wildman–Crippen LogP) is 1.77. The second kappa shape index (κ2) is 6.32. The molecule has 0 saturated carbocycles. The molecule has 0 N–H and O–H groups in total. The van der Waals surface area contributed by atoms with Gasteiger partial charge < -0.3 is 14.5 Å². The van der Waals surface area contributed by atoms with Crippen LogP contribution >= 0.6 is 0 Å². The van der Waals surface area contributed by atoms with Crippen LogP contribution in [-0.4, -0.2) is 60.5 Å². The van der Waals surface area contributed by atoms with Gasteiger partial charge in [-0.15, -0.1) is 0 Å². The zero-order chi connectivity index (χ0) is 16.6. The van der Waals surface area contributed by atoms with Gasteiger partial charge in [0.25, 0.3) is 5.91 Å². The first kappa shape index (κ1) is 16.0. The number of methoxy groups -OCH3 is 1. The van der Waals surface area contributed by atoms with Crippen molar-refractivity contribution in [3.05, 3.63) is 34.9 Å². The Balaban J connectivity index is 1.76. The number of nitrogens with zero attached hydrogens (tertiary/aromatic N) is 2. The average Bonchev–Trinajstić information content (AvgIpc) is 3.06. The summed E-state index contributed by atoms with van der Waals surface area (Å²) in [6, 6.07) is 5.98. The highest BCUT2D eigenvalue weighted by Crippen LogP contribution is 2.33. The highest BCUT2D eigenvalue weighted by atomic mass is 16.5. The van der Waals surface area contributed by atoms with Gasteiger partial charge in [-0.1, -0.05) is 6.07 Å². The highest BCUT2D eigenvalue weighted by Gasteiger charge is 2.48. The third kappa shape index (κ3) is 2.85. The molecule has 1 aromatic carbocycles. The molecule has 2 aliphatic heterocycles. The van der Waals surface area contributed by atoms with Crippen molar-refractivity contribution in [2.24, 2.45) is 0 Å². The maximum Gasteiger partial charge on any atom is 0.254 e. The summed E-state index contributed by atoms with van der Waals surface area (Å²) < 4.78 is 5.09. The predicted molar refractivity (Wildman–Crippen MR) is 87.4 cm³/mol. The van der Waals surface area contributed by atoms with Crippen molar-refractivity contribution in [1.82, 2.24) is 9.80 Å². The first-order valence-electron chi connectivity index (χ1n) is 8.19. The van der Waals surface area contributed by atoms with Crippen LogP contribution in [0.4, 0.5) is 0 Å². The van der Waals surface area contributed by atoms with Gasteiger partial charge in [0, 0.05) is 32.2 Å².